The first-order valence-corrected chi connectivity index (χ1v) is 6.53. The van der Waals surface area contributed by atoms with Crippen molar-refractivity contribution in [3.63, 3.8) is 0 Å². The van der Waals surface area contributed by atoms with Gasteiger partial charge >= 0.3 is 0 Å². The molecule has 0 N–H and O–H groups in total. The molecule has 2 unspecified atom stereocenters. The maximum absolute atomic E-state index is 12.5. The molecule has 1 amide bonds. The first-order chi connectivity index (χ1) is 8.61. The van der Waals surface area contributed by atoms with Gasteiger partial charge in [0.1, 0.15) is 5.15 Å². The molecule has 4 nitrogen and oxygen atoms in total. The average molecular weight is 269 g/mol. The van der Waals surface area contributed by atoms with Crippen molar-refractivity contribution in [3.05, 3.63) is 29.0 Å². The molecular weight excluding hydrogens is 252 g/mol. The number of carbonyl (C=O) groups is 1. The lowest BCUT2D eigenvalue weighted by Crippen LogP contribution is -2.51. The summed E-state index contributed by atoms with van der Waals surface area (Å²) in [6.45, 7) is 5.26. The van der Waals surface area contributed by atoms with E-state index in [1.807, 2.05) is 11.8 Å². The minimum Gasteiger partial charge on any atom is -0.375 e. The van der Waals surface area contributed by atoms with Crippen molar-refractivity contribution in [3.8, 4) is 0 Å². The summed E-state index contributed by atoms with van der Waals surface area (Å²) in [6, 6.07) is 3.44. The number of pyridine rings is 1. The van der Waals surface area contributed by atoms with Gasteiger partial charge in [0.2, 0.25) is 0 Å². The Morgan fingerprint density at radius 2 is 2.44 bits per heavy atom. The molecule has 2 atom stereocenters. The SMILES string of the molecule is CCC1COC(C)CN1C(=O)c1ccnc(Cl)c1. The number of amides is 1. The molecule has 1 aliphatic rings. The number of nitrogens with zero attached hydrogens (tertiary/aromatic N) is 2. The standard InChI is InChI=1S/C13H17ClN2O2/c1-3-11-8-18-9(2)7-16(11)13(17)10-4-5-15-12(14)6-10/h4-6,9,11H,3,7-8H2,1-2H3. The van der Waals surface area contributed by atoms with Crippen LogP contribution >= 0.6 is 11.6 Å². The third kappa shape index (κ3) is 2.82. The molecule has 1 aromatic rings. The Balaban J connectivity index is 2.20. The summed E-state index contributed by atoms with van der Waals surface area (Å²) >= 11 is 5.82. The van der Waals surface area contributed by atoms with Crippen molar-refractivity contribution in [1.29, 1.82) is 0 Å². The Labute approximate surface area is 112 Å². The Hall–Kier alpha value is -1.13. The van der Waals surface area contributed by atoms with Crippen molar-refractivity contribution in [2.75, 3.05) is 13.2 Å². The molecule has 1 fully saturated rings. The summed E-state index contributed by atoms with van der Waals surface area (Å²) in [4.78, 5) is 18.2. The highest BCUT2D eigenvalue weighted by Crippen LogP contribution is 2.18. The zero-order chi connectivity index (χ0) is 13.1. The van der Waals surface area contributed by atoms with E-state index in [1.165, 1.54) is 0 Å². The molecule has 0 radical (unpaired) electrons. The van der Waals surface area contributed by atoms with Gasteiger partial charge in [0.25, 0.3) is 5.91 Å². The zero-order valence-electron chi connectivity index (χ0n) is 10.6. The van der Waals surface area contributed by atoms with Crippen molar-refractivity contribution < 1.29 is 9.53 Å². The smallest absolute Gasteiger partial charge is 0.254 e. The van der Waals surface area contributed by atoms with E-state index in [4.69, 9.17) is 16.3 Å². The molecule has 0 aromatic carbocycles. The molecule has 98 valence electrons. The Kier molecular flexibility index (Phi) is 4.19. The fourth-order valence-corrected chi connectivity index (χ4v) is 2.31. The Bertz CT molecular complexity index is 439. The lowest BCUT2D eigenvalue weighted by Gasteiger charge is -2.38. The third-order valence-corrected chi connectivity index (χ3v) is 3.38. The van der Waals surface area contributed by atoms with Gasteiger partial charge in [-0.1, -0.05) is 18.5 Å². The van der Waals surface area contributed by atoms with Crippen LogP contribution in [0.5, 0.6) is 0 Å². The van der Waals surface area contributed by atoms with E-state index in [1.54, 1.807) is 18.3 Å². The number of morpholine rings is 1. The molecule has 0 spiro atoms. The van der Waals surface area contributed by atoms with E-state index in [0.717, 1.165) is 6.42 Å². The maximum atomic E-state index is 12.5. The van der Waals surface area contributed by atoms with E-state index in [9.17, 15) is 4.79 Å². The predicted octanol–water partition coefficient (Wildman–Crippen LogP) is 2.37. The largest absolute Gasteiger partial charge is 0.375 e. The van der Waals surface area contributed by atoms with Crippen LogP contribution < -0.4 is 0 Å². The lowest BCUT2D eigenvalue weighted by molar-refractivity contribution is -0.0444. The van der Waals surface area contributed by atoms with Gasteiger partial charge in [0.05, 0.1) is 18.8 Å². The zero-order valence-corrected chi connectivity index (χ0v) is 11.4. The van der Waals surface area contributed by atoms with E-state index in [-0.39, 0.29) is 18.1 Å². The van der Waals surface area contributed by atoms with Gasteiger partial charge in [-0.25, -0.2) is 4.98 Å². The number of carbonyl (C=O) groups excluding carboxylic acids is 1. The minimum absolute atomic E-state index is 0.00120. The van der Waals surface area contributed by atoms with Crippen LogP contribution in [0.3, 0.4) is 0 Å². The quantitative estimate of drug-likeness (QED) is 0.774. The fraction of sp³-hybridized carbons (Fsp3) is 0.538. The van der Waals surface area contributed by atoms with E-state index >= 15 is 0 Å². The average Bonchev–Trinajstić information content (AvgIpc) is 2.38. The van der Waals surface area contributed by atoms with Crippen LogP contribution in [0.4, 0.5) is 0 Å². The highest BCUT2D eigenvalue weighted by atomic mass is 35.5. The molecule has 5 heteroatoms. The predicted molar refractivity (Wildman–Crippen MR) is 69.8 cm³/mol. The van der Waals surface area contributed by atoms with Gasteiger partial charge in [0, 0.05) is 18.3 Å². The van der Waals surface area contributed by atoms with Gasteiger partial charge in [-0.3, -0.25) is 4.79 Å². The molecule has 2 heterocycles. The molecule has 0 saturated carbocycles. The summed E-state index contributed by atoms with van der Waals surface area (Å²) < 4.78 is 5.59. The summed E-state index contributed by atoms with van der Waals surface area (Å²) in [5.74, 6) is 0.00120. The van der Waals surface area contributed by atoms with Gasteiger partial charge in [-0.15, -0.1) is 0 Å². The number of hydrogen-bond donors (Lipinski definition) is 0. The molecule has 1 saturated heterocycles. The van der Waals surface area contributed by atoms with E-state index < -0.39 is 0 Å². The molecule has 0 aliphatic carbocycles. The summed E-state index contributed by atoms with van der Waals surface area (Å²) in [7, 11) is 0. The number of ether oxygens (including phenoxy) is 1. The highest BCUT2D eigenvalue weighted by molar-refractivity contribution is 6.29. The van der Waals surface area contributed by atoms with Crippen molar-refractivity contribution in [2.24, 2.45) is 0 Å². The number of rotatable bonds is 2. The monoisotopic (exact) mass is 268 g/mol. The second kappa shape index (κ2) is 5.67. The first-order valence-electron chi connectivity index (χ1n) is 6.16. The topological polar surface area (TPSA) is 42.4 Å². The Morgan fingerprint density at radius 1 is 1.67 bits per heavy atom. The van der Waals surface area contributed by atoms with Gasteiger partial charge < -0.3 is 9.64 Å². The molecule has 0 bridgehead atoms. The van der Waals surface area contributed by atoms with Crippen LogP contribution in [-0.4, -0.2) is 41.1 Å². The number of halogens is 1. The van der Waals surface area contributed by atoms with Crippen LogP contribution in [0.2, 0.25) is 5.15 Å². The minimum atomic E-state index is 0.00120. The van der Waals surface area contributed by atoms with Crippen molar-refractivity contribution >= 4 is 17.5 Å². The molecule has 18 heavy (non-hydrogen) atoms. The normalized spacial score (nSPS) is 24.1. The Morgan fingerprint density at radius 3 is 3.11 bits per heavy atom. The van der Waals surface area contributed by atoms with E-state index in [2.05, 4.69) is 11.9 Å². The first kappa shape index (κ1) is 13.3. The van der Waals surface area contributed by atoms with Gasteiger partial charge in [-0.2, -0.15) is 0 Å². The molecule has 1 aliphatic heterocycles. The molecular formula is C13H17ClN2O2. The number of hydrogen-bond acceptors (Lipinski definition) is 3. The number of aromatic nitrogens is 1. The van der Waals surface area contributed by atoms with E-state index in [0.29, 0.717) is 23.9 Å². The summed E-state index contributed by atoms with van der Waals surface area (Å²) in [5.41, 5.74) is 0.586. The second-order valence-corrected chi connectivity index (χ2v) is 4.92. The summed E-state index contributed by atoms with van der Waals surface area (Å²) in [6.07, 6.45) is 2.52. The molecule has 2 rings (SSSR count). The van der Waals surface area contributed by atoms with Crippen molar-refractivity contribution in [1.82, 2.24) is 9.88 Å². The maximum Gasteiger partial charge on any atom is 0.254 e. The van der Waals surface area contributed by atoms with Crippen LogP contribution in [-0.2, 0) is 4.74 Å². The lowest BCUT2D eigenvalue weighted by atomic mass is 10.1. The van der Waals surface area contributed by atoms with Crippen LogP contribution in [0.25, 0.3) is 0 Å². The highest BCUT2D eigenvalue weighted by Gasteiger charge is 2.30. The van der Waals surface area contributed by atoms with Crippen LogP contribution in [0.15, 0.2) is 18.3 Å². The van der Waals surface area contributed by atoms with Gasteiger partial charge in [-0.05, 0) is 25.5 Å². The third-order valence-electron chi connectivity index (χ3n) is 3.17. The van der Waals surface area contributed by atoms with Crippen LogP contribution in [0.1, 0.15) is 30.6 Å². The molecule has 1 aromatic heterocycles. The van der Waals surface area contributed by atoms with Gasteiger partial charge in [0.15, 0.2) is 0 Å². The van der Waals surface area contributed by atoms with Crippen LogP contribution in [0, 0.1) is 0 Å². The fourth-order valence-electron chi connectivity index (χ4n) is 2.13. The summed E-state index contributed by atoms with van der Waals surface area (Å²) in [5, 5.41) is 0.343. The second-order valence-electron chi connectivity index (χ2n) is 4.53. The van der Waals surface area contributed by atoms with Crippen molar-refractivity contribution in [2.45, 2.75) is 32.4 Å².